The number of ether oxygens (including phenoxy) is 1. The summed E-state index contributed by atoms with van der Waals surface area (Å²) in [5.74, 6) is -1.44. The number of anilines is 1. The quantitative estimate of drug-likeness (QED) is 0.666. The standard InChI is InChI=1S/C23H26FN3O4S/c1-22(2,3)31-20(29)23(17-11-7-8-12-18(17)24)27(13-14-32-23)19(28)15-25-21(30)26-16-9-5-4-6-10-16/h4-12H,13-15H2,1-3H3,(H2,25,26,30)/t23-/m1/s1. The number of urea groups is 1. The summed E-state index contributed by atoms with van der Waals surface area (Å²) in [5, 5.41) is 5.13. The van der Waals surface area contributed by atoms with Crippen LogP contribution in [-0.2, 0) is 19.2 Å². The average molecular weight is 460 g/mol. The van der Waals surface area contributed by atoms with Crippen molar-refractivity contribution in [3.63, 3.8) is 0 Å². The van der Waals surface area contributed by atoms with E-state index in [0.717, 1.165) is 11.8 Å². The van der Waals surface area contributed by atoms with E-state index in [1.54, 1.807) is 51.1 Å². The molecule has 9 heteroatoms. The molecule has 0 unspecified atom stereocenters. The van der Waals surface area contributed by atoms with E-state index in [0.29, 0.717) is 11.4 Å². The highest BCUT2D eigenvalue weighted by Gasteiger charge is 2.55. The number of halogens is 1. The molecule has 2 aromatic rings. The fourth-order valence-electron chi connectivity index (χ4n) is 3.35. The SMILES string of the molecule is CC(C)(C)OC(=O)[C@@]1(c2ccccc2F)SCCN1C(=O)CNC(=O)Nc1ccccc1. The Bertz CT molecular complexity index is 996. The number of nitrogens with zero attached hydrogens (tertiary/aromatic N) is 1. The van der Waals surface area contributed by atoms with Crippen molar-refractivity contribution in [1.82, 2.24) is 10.2 Å². The normalized spacial score (nSPS) is 18.2. The molecule has 1 aliphatic rings. The molecule has 1 saturated heterocycles. The molecule has 1 aliphatic heterocycles. The van der Waals surface area contributed by atoms with Gasteiger partial charge < -0.3 is 20.3 Å². The van der Waals surface area contributed by atoms with Crippen LogP contribution in [0.25, 0.3) is 0 Å². The number of hydrogen-bond donors (Lipinski definition) is 2. The number of para-hydroxylation sites is 1. The third-order valence-electron chi connectivity index (χ3n) is 4.65. The van der Waals surface area contributed by atoms with Crippen LogP contribution in [0.3, 0.4) is 0 Å². The second-order valence-electron chi connectivity index (χ2n) is 8.19. The minimum absolute atomic E-state index is 0.0545. The third kappa shape index (κ3) is 5.21. The molecule has 0 aromatic heterocycles. The first-order chi connectivity index (χ1) is 15.1. The lowest BCUT2D eigenvalue weighted by molar-refractivity contribution is -0.167. The van der Waals surface area contributed by atoms with E-state index < -0.39 is 34.2 Å². The van der Waals surface area contributed by atoms with Gasteiger partial charge >= 0.3 is 12.0 Å². The summed E-state index contributed by atoms with van der Waals surface area (Å²) < 4.78 is 20.4. The van der Waals surface area contributed by atoms with Gasteiger partial charge in [0.1, 0.15) is 11.4 Å². The fraction of sp³-hybridized carbons (Fsp3) is 0.348. The van der Waals surface area contributed by atoms with Gasteiger partial charge in [-0.1, -0.05) is 36.4 Å². The van der Waals surface area contributed by atoms with Crippen LogP contribution in [0.1, 0.15) is 26.3 Å². The summed E-state index contributed by atoms with van der Waals surface area (Å²) in [6, 6.07) is 14.1. The Morgan fingerprint density at radius 3 is 2.41 bits per heavy atom. The van der Waals surface area contributed by atoms with Crippen LogP contribution in [-0.4, -0.2) is 47.3 Å². The summed E-state index contributed by atoms with van der Waals surface area (Å²) in [7, 11) is 0. The Balaban J connectivity index is 1.82. The summed E-state index contributed by atoms with van der Waals surface area (Å²) in [5.41, 5.74) is -0.205. The molecule has 0 bridgehead atoms. The highest BCUT2D eigenvalue weighted by atomic mass is 32.2. The number of amides is 3. The second-order valence-corrected chi connectivity index (χ2v) is 9.48. The van der Waals surface area contributed by atoms with Crippen LogP contribution in [0.15, 0.2) is 54.6 Å². The lowest BCUT2D eigenvalue weighted by Gasteiger charge is -2.37. The topological polar surface area (TPSA) is 87.7 Å². The van der Waals surface area contributed by atoms with Gasteiger partial charge in [0.25, 0.3) is 0 Å². The van der Waals surface area contributed by atoms with Gasteiger partial charge in [0.05, 0.1) is 6.54 Å². The van der Waals surface area contributed by atoms with Crippen molar-refractivity contribution < 1.29 is 23.5 Å². The van der Waals surface area contributed by atoms with Crippen LogP contribution >= 0.6 is 11.8 Å². The molecule has 3 amide bonds. The Morgan fingerprint density at radius 1 is 1.09 bits per heavy atom. The molecule has 2 aromatic carbocycles. The van der Waals surface area contributed by atoms with Crippen molar-refractivity contribution in [3.05, 3.63) is 66.0 Å². The molecule has 1 heterocycles. The van der Waals surface area contributed by atoms with Crippen LogP contribution in [0.5, 0.6) is 0 Å². The van der Waals surface area contributed by atoms with Crippen molar-refractivity contribution in [2.45, 2.75) is 31.2 Å². The molecule has 170 valence electrons. The summed E-state index contributed by atoms with van der Waals surface area (Å²) >= 11 is 1.14. The predicted octanol–water partition coefficient (Wildman–Crippen LogP) is 3.72. The molecule has 1 atom stereocenters. The van der Waals surface area contributed by atoms with Crippen LogP contribution < -0.4 is 10.6 Å². The Hall–Kier alpha value is -3.07. The highest BCUT2D eigenvalue weighted by molar-refractivity contribution is 8.01. The zero-order chi connectivity index (χ0) is 23.4. The molecular formula is C23H26FN3O4S. The average Bonchev–Trinajstić information content (AvgIpc) is 3.18. The van der Waals surface area contributed by atoms with Crippen molar-refractivity contribution in [2.24, 2.45) is 0 Å². The van der Waals surface area contributed by atoms with Crippen molar-refractivity contribution in [1.29, 1.82) is 0 Å². The number of esters is 1. The van der Waals surface area contributed by atoms with Crippen molar-refractivity contribution in [3.8, 4) is 0 Å². The first kappa shape index (κ1) is 23.6. The lowest BCUT2D eigenvalue weighted by atomic mass is 10.0. The van der Waals surface area contributed by atoms with Crippen LogP contribution in [0, 0.1) is 5.82 Å². The predicted molar refractivity (Wildman–Crippen MR) is 122 cm³/mol. The van der Waals surface area contributed by atoms with E-state index in [2.05, 4.69) is 10.6 Å². The lowest BCUT2D eigenvalue weighted by Crippen LogP contribution is -2.54. The zero-order valence-corrected chi connectivity index (χ0v) is 19.0. The number of nitrogens with one attached hydrogen (secondary N) is 2. The number of benzene rings is 2. The molecule has 0 radical (unpaired) electrons. The number of hydrogen-bond acceptors (Lipinski definition) is 5. The van der Waals surface area contributed by atoms with Crippen LogP contribution in [0.4, 0.5) is 14.9 Å². The van der Waals surface area contributed by atoms with Crippen molar-refractivity contribution >= 4 is 35.4 Å². The maximum atomic E-state index is 14.8. The van der Waals surface area contributed by atoms with Gasteiger partial charge in [0.15, 0.2) is 0 Å². The number of carbonyl (C=O) groups excluding carboxylic acids is 3. The summed E-state index contributed by atoms with van der Waals surface area (Å²) in [6.45, 7) is 4.97. The maximum absolute atomic E-state index is 14.8. The first-order valence-corrected chi connectivity index (χ1v) is 11.1. The third-order valence-corrected chi connectivity index (χ3v) is 6.06. The van der Waals surface area contributed by atoms with Gasteiger partial charge in [0.2, 0.25) is 10.8 Å². The molecular weight excluding hydrogens is 433 g/mol. The molecule has 0 spiro atoms. The Kier molecular flexibility index (Phi) is 7.08. The molecule has 0 aliphatic carbocycles. The number of thioether (sulfide) groups is 1. The fourth-order valence-corrected chi connectivity index (χ4v) is 4.75. The van der Waals surface area contributed by atoms with Gasteiger partial charge in [-0.3, -0.25) is 4.79 Å². The molecule has 7 nitrogen and oxygen atoms in total. The zero-order valence-electron chi connectivity index (χ0n) is 18.2. The number of rotatable bonds is 5. The number of carbonyl (C=O) groups is 3. The van der Waals surface area contributed by atoms with E-state index in [9.17, 15) is 18.8 Å². The maximum Gasteiger partial charge on any atom is 0.348 e. The van der Waals surface area contributed by atoms with Gasteiger partial charge in [-0.15, -0.1) is 11.8 Å². The van der Waals surface area contributed by atoms with E-state index in [1.807, 2.05) is 6.07 Å². The van der Waals surface area contributed by atoms with Gasteiger partial charge in [-0.25, -0.2) is 14.0 Å². The smallest absolute Gasteiger partial charge is 0.348 e. The molecule has 3 rings (SSSR count). The summed E-state index contributed by atoms with van der Waals surface area (Å²) in [6.07, 6.45) is 0. The highest BCUT2D eigenvalue weighted by Crippen LogP contribution is 2.47. The molecule has 0 saturated carbocycles. The second kappa shape index (κ2) is 9.60. The summed E-state index contributed by atoms with van der Waals surface area (Å²) in [4.78, 5) is 38.2. The monoisotopic (exact) mass is 459 g/mol. The first-order valence-electron chi connectivity index (χ1n) is 10.2. The molecule has 2 N–H and O–H groups in total. The molecule has 32 heavy (non-hydrogen) atoms. The van der Waals surface area contributed by atoms with E-state index in [-0.39, 0.29) is 18.7 Å². The Labute approximate surface area is 190 Å². The van der Waals surface area contributed by atoms with E-state index in [1.165, 1.54) is 23.1 Å². The van der Waals surface area contributed by atoms with Gasteiger partial charge in [0, 0.05) is 23.5 Å². The minimum atomic E-state index is -1.67. The van der Waals surface area contributed by atoms with Gasteiger partial charge in [-0.05, 0) is 39.0 Å². The van der Waals surface area contributed by atoms with E-state index >= 15 is 0 Å². The van der Waals surface area contributed by atoms with Crippen molar-refractivity contribution in [2.75, 3.05) is 24.2 Å². The Morgan fingerprint density at radius 2 is 1.75 bits per heavy atom. The molecule has 1 fully saturated rings. The van der Waals surface area contributed by atoms with Crippen LogP contribution in [0.2, 0.25) is 0 Å². The van der Waals surface area contributed by atoms with Gasteiger partial charge in [-0.2, -0.15) is 0 Å². The van der Waals surface area contributed by atoms with E-state index in [4.69, 9.17) is 4.74 Å². The largest absolute Gasteiger partial charge is 0.457 e. The minimum Gasteiger partial charge on any atom is -0.457 e.